The molecule has 2 heterocycles. The molecule has 166 valence electrons. The molecule has 0 atom stereocenters. The second kappa shape index (κ2) is 11.0. The number of hydrogen-bond acceptors (Lipinski definition) is 6. The van der Waals surface area contributed by atoms with Gasteiger partial charge >= 0.3 is 0 Å². The molecule has 0 spiro atoms. The summed E-state index contributed by atoms with van der Waals surface area (Å²) in [6.45, 7) is 4.73. The number of aromatic nitrogens is 2. The van der Waals surface area contributed by atoms with E-state index in [9.17, 15) is 4.79 Å². The van der Waals surface area contributed by atoms with Crippen LogP contribution in [0.1, 0.15) is 26.2 Å². The largest absolute Gasteiger partial charge is 0.492 e. The number of para-hydroxylation sites is 2. The van der Waals surface area contributed by atoms with Gasteiger partial charge in [-0.05, 0) is 62.6 Å². The smallest absolute Gasteiger partial charge is 0.234 e. The van der Waals surface area contributed by atoms with Gasteiger partial charge < -0.3 is 15.0 Å². The number of benzene rings is 2. The summed E-state index contributed by atoms with van der Waals surface area (Å²) in [5.41, 5.74) is 3.81. The molecule has 1 aromatic heterocycles. The number of nitrogens with one attached hydrogen (secondary N) is 1. The SMILES string of the molecule is CCOc1ccccc1NC(=O)CSc1ccc(-c2ccc(N3CCCCC3)cc2)nn1. The molecule has 7 heteroatoms. The standard InChI is InChI=1S/C25H28N4O2S/c1-2-31-23-9-5-4-8-22(23)26-24(30)18-32-25-15-14-21(27-28-25)19-10-12-20(13-11-19)29-16-6-3-7-17-29/h4-5,8-15H,2-3,6-7,16-18H2,1H3,(H,26,30). The van der Waals surface area contributed by atoms with Crippen LogP contribution in [-0.4, -0.2) is 41.6 Å². The van der Waals surface area contributed by atoms with Gasteiger partial charge in [-0.25, -0.2) is 0 Å². The van der Waals surface area contributed by atoms with Gasteiger partial charge in [0.1, 0.15) is 10.8 Å². The fourth-order valence-electron chi connectivity index (χ4n) is 3.72. The minimum absolute atomic E-state index is 0.110. The van der Waals surface area contributed by atoms with Crippen LogP contribution in [0.4, 0.5) is 11.4 Å². The molecule has 3 aromatic rings. The normalized spacial score (nSPS) is 13.6. The van der Waals surface area contributed by atoms with Crippen LogP contribution in [0.15, 0.2) is 65.7 Å². The van der Waals surface area contributed by atoms with Gasteiger partial charge in [-0.2, -0.15) is 0 Å². The molecule has 0 unspecified atom stereocenters. The Balaban J connectivity index is 1.31. The first-order valence-corrected chi connectivity index (χ1v) is 12.0. The number of anilines is 2. The Bertz CT molecular complexity index is 1020. The van der Waals surface area contributed by atoms with Crippen LogP contribution in [-0.2, 0) is 4.79 Å². The Morgan fingerprint density at radius 1 is 1.00 bits per heavy atom. The van der Waals surface area contributed by atoms with E-state index in [2.05, 4.69) is 44.7 Å². The number of nitrogens with zero attached hydrogens (tertiary/aromatic N) is 3. The fourth-order valence-corrected chi connectivity index (χ4v) is 4.34. The van der Waals surface area contributed by atoms with Gasteiger partial charge in [0, 0.05) is 24.3 Å². The number of hydrogen-bond donors (Lipinski definition) is 1. The van der Waals surface area contributed by atoms with Crippen LogP contribution in [0.5, 0.6) is 5.75 Å². The van der Waals surface area contributed by atoms with Crippen molar-refractivity contribution in [3.8, 4) is 17.0 Å². The molecule has 1 saturated heterocycles. The highest BCUT2D eigenvalue weighted by Crippen LogP contribution is 2.26. The fraction of sp³-hybridized carbons (Fsp3) is 0.320. The number of amides is 1. The lowest BCUT2D eigenvalue weighted by Gasteiger charge is -2.28. The summed E-state index contributed by atoms with van der Waals surface area (Å²) in [7, 11) is 0. The molecule has 0 saturated carbocycles. The molecular formula is C25H28N4O2S. The number of thioether (sulfide) groups is 1. The molecule has 1 aliphatic rings. The highest BCUT2D eigenvalue weighted by Gasteiger charge is 2.12. The molecular weight excluding hydrogens is 420 g/mol. The predicted octanol–water partition coefficient (Wildman–Crippen LogP) is 5.26. The van der Waals surface area contributed by atoms with E-state index in [4.69, 9.17) is 4.74 Å². The van der Waals surface area contributed by atoms with Gasteiger partial charge in [-0.3, -0.25) is 4.79 Å². The number of carbonyl (C=O) groups is 1. The summed E-state index contributed by atoms with van der Waals surface area (Å²) in [5, 5.41) is 12.3. The second-order valence-electron chi connectivity index (χ2n) is 7.62. The lowest BCUT2D eigenvalue weighted by atomic mass is 10.1. The quantitative estimate of drug-likeness (QED) is 0.474. The molecule has 0 radical (unpaired) electrons. The highest BCUT2D eigenvalue weighted by atomic mass is 32.2. The number of ether oxygens (including phenoxy) is 1. The van der Waals surface area contributed by atoms with Crippen LogP contribution in [0, 0.1) is 0 Å². The first kappa shape index (κ1) is 22.1. The van der Waals surface area contributed by atoms with E-state index in [0.717, 1.165) is 24.3 Å². The molecule has 0 bridgehead atoms. The Labute approximate surface area is 193 Å². The van der Waals surface area contributed by atoms with Crippen molar-refractivity contribution in [2.75, 3.05) is 35.7 Å². The van der Waals surface area contributed by atoms with E-state index in [1.54, 1.807) is 0 Å². The predicted molar refractivity (Wildman–Crippen MR) is 130 cm³/mol. The minimum atomic E-state index is -0.110. The zero-order chi connectivity index (χ0) is 22.2. The van der Waals surface area contributed by atoms with Crippen LogP contribution in [0.3, 0.4) is 0 Å². The van der Waals surface area contributed by atoms with E-state index in [1.807, 2.05) is 43.3 Å². The summed E-state index contributed by atoms with van der Waals surface area (Å²) in [5.74, 6) is 0.809. The summed E-state index contributed by atoms with van der Waals surface area (Å²) >= 11 is 1.36. The number of piperidine rings is 1. The molecule has 0 aliphatic carbocycles. The zero-order valence-corrected chi connectivity index (χ0v) is 19.1. The van der Waals surface area contributed by atoms with E-state index < -0.39 is 0 Å². The average Bonchev–Trinajstić information content (AvgIpc) is 2.85. The second-order valence-corrected chi connectivity index (χ2v) is 8.61. The minimum Gasteiger partial charge on any atom is -0.492 e. The molecule has 2 aromatic carbocycles. The first-order valence-electron chi connectivity index (χ1n) is 11.1. The Morgan fingerprint density at radius 3 is 2.50 bits per heavy atom. The van der Waals surface area contributed by atoms with Gasteiger partial charge in [0.05, 0.1) is 23.7 Å². The monoisotopic (exact) mass is 448 g/mol. The third-order valence-corrected chi connectivity index (χ3v) is 6.26. The topological polar surface area (TPSA) is 67.3 Å². The van der Waals surface area contributed by atoms with E-state index in [1.165, 1.54) is 36.7 Å². The summed E-state index contributed by atoms with van der Waals surface area (Å²) < 4.78 is 5.55. The van der Waals surface area contributed by atoms with Gasteiger partial charge in [0.25, 0.3) is 0 Å². The number of carbonyl (C=O) groups excluding carboxylic acids is 1. The maximum atomic E-state index is 12.4. The highest BCUT2D eigenvalue weighted by molar-refractivity contribution is 7.99. The van der Waals surface area contributed by atoms with Crippen LogP contribution in [0.25, 0.3) is 11.3 Å². The van der Waals surface area contributed by atoms with Crippen molar-refractivity contribution in [1.82, 2.24) is 10.2 Å². The van der Waals surface area contributed by atoms with Crippen molar-refractivity contribution < 1.29 is 9.53 Å². The third-order valence-electron chi connectivity index (χ3n) is 5.34. The van der Waals surface area contributed by atoms with Crippen molar-refractivity contribution in [2.24, 2.45) is 0 Å². The molecule has 32 heavy (non-hydrogen) atoms. The molecule has 4 rings (SSSR count). The third kappa shape index (κ3) is 5.79. The van der Waals surface area contributed by atoms with Gasteiger partial charge in [0.2, 0.25) is 5.91 Å². The molecule has 1 amide bonds. The molecule has 1 fully saturated rings. The van der Waals surface area contributed by atoms with Crippen molar-refractivity contribution in [1.29, 1.82) is 0 Å². The average molecular weight is 449 g/mol. The lowest BCUT2D eigenvalue weighted by Crippen LogP contribution is -2.29. The maximum absolute atomic E-state index is 12.4. The molecule has 6 nitrogen and oxygen atoms in total. The Kier molecular flexibility index (Phi) is 7.61. The van der Waals surface area contributed by atoms with Crippen molar-refractivity contribution >= 4 is 29.0 Å². The molecule has 1 N–H and O–H groups in total. The Morgan fingerprint density at radius 2 is 1.78 bits per heavy atom. The summed E-state index contributed by atoms with van der Waals surface area (Å²) in [6.07, 6.45) is 3.86. The van der Waals surface area contributed by atoms with Gasteiger partial charge in [-0.1, -0.05) is 36.0 Å². The van der Waals surface area contributed by atoms with Crippen molar-refractivity contribution in [3.63, 3.8) is 0 Å². The van der Waals surface area contributed by atoms with Gasteiger partial charge in [0.15, 0.2) is 0 Å². The summed E-state index contributed by atoms with van der Waals surface area (Å²) in [6, 6.07) is 19.8. The van der Waals surface area contributed by atoms with Crippen LogP contribution < -0.4 is 15.0 Å². The lowest BCUT2D eigenvalue weighted by molar-refractivity contribution is -0.113. The van der Waals surface area contributed by atoms with E-state index in [0.29, 0.717) is 23.1 Å². The zero-order valence-electron chi connectivity index (χ0n) is 18.3. The number of rotatable bonds is 8. The van der Waals surface area contributed by atoms with Crippen LogP contribution >= 0.6 is 11.8 Å². The van der Waals surface area contributed by atoms with Crippen molar-refractivity contribution in [3.05, 3.63) is 60.7 Å². The first-order chi connectivity index (χ1) is 15.7. The molecule has 1 aliphatic heterocycles. The Hall–Kier alpha value is -3.06. The summed E-state index contributed by atoms with van der Waals surface area (Å²) in [4.78, 5) is 14.8. The van der Waals surface area contributed by atoms with Crippen molar-refractivity contribution in [2.45, 2.75) is 31.2 Å². The van der Waals surface area contributed by atoms with E-state index in [-0.39, 0.29) is 11.7 Å². The van der Waals surface area contributed by atoms with Gasteiger partial charge in [-0.15, -0.1) is 10.2 Å². The maximum Gasteiger partial charge on any atom is 0.234 e. The van der Waals surface area contributed by atoms with E-state index >= 15 is 0 Å². The van der Waals surface area contributed by atoms with Crippen LogP contribution in [0.2, 0.25) is 0 Å².